The number of fused-ring (bicyclic) bond motifs is 1. The Morgan fingerprint density at radius 3 is 2.48 bits per heavy atom. The van der Waals surface area contributed by atoms with E-state index in [9.17, 15) is 4.79 Å². The first-order valence-electron chi connectivity index (χ1n) is 9.22. The van der Waals surface area contributed by atoms with Crippen LogP contribution in [0.2, 0.25) is 0 Å². The van der Waals surface area contributed by atoms with Gasteiger partial charge in [0.2, 0.25) is 0 Å². The first-order valence-corrected chi connectivity index (χ1v) is 10.0. The maximum absolute atomic E-state index is 12.1. The summed E-state index contributed by atoms with van der Waals surface area (Å²) in [7, 11) is 0. The van der Waals surface area contributed by atoms with Gasteiger partial charge in [0.1, 0.15) is 5.82 Å². The number of nitrogens with zero attached hydrogens (tertiary/aromatic N) is 1. The molecule has 2 aromatic heterocycles. The Morgan fingerprint density at radius 2 is 1.85 bits per heavy atom. The summed E-state index contributed by atoms with van der Waals surface area (Å²) in [5.41, 5.74) is 9.19. The smallest absolute Gasteiger partial charge is 0.253 e. The minimum atomic E-state index is -0.0732. The van der Waals surface area contributed by atoms with Crippen molar-refractivity contribution in [1.29, 1.82) is 0 Å². The van der Waals surface area contributed by atoms with E-state index in [-0.39, 0.29) is 5.56 Å². The van der Waals surface area contributed by atoms with Crippen LogP contribution in [0.15, 0.2) is 39.7 Å². The molecule has 1 saturated carbocycles. The van der Waals surface area contributed by atoms with Crippen molar-refractivity contribution in [2.45, 2.75) is 46.1 Å². The molecule has 2 heterocycles. The number of nitrogen functional groups attached to an aromatic ring is 1. The fourth-order valence-corrected chi connectivity index (χ4v) is 3.42. The van der Waals surface area contributed by atoms with E-state index in [2.05, 4.69) is 31.2 Å². The predicted octanol–water partition coefficient (Wildman–Crippen LogP) is 5.06. The third kappa shape index (κ3) is 4.69. The lowest BCUT2D eigenvalue weighted by Gasteiger charge is -2.12. The predicted molar refractivity (Wildman–Crippen MR) is 116 cm³/mol. The van der Waals surface area contributed by atoms with Crippen LogP contribution >= 0.6 is 15.9 Å². The molecule has 1 aliphatic rings. The van der Waals surface area contributed by atoms with Gasteiger partial charge in [-0.15, -0.1) is 0 Å². The molecule has 1 aliphatic carbocycles. The molecular weight excluding hydrogens is 404 g/mol. The van der Waals surface area contributed by atoms with Crippen molar-refractivity contribution < 1.29 is 0 Å². The van der Waals surface area contributed by atoms with E-state index < -0.39 is 0 Å². The number of benzene rings is 1. The van der Waals surface area contributed by atoms with Crippen LogP contribution < -0.4 is 16.6 Å². The molecule has 4 N–H and O–H groups in total. The van der Waals surface area contributed by atoms with Gasteiger partial charge in [-0.05, 0) is 43.7 Å². The third-order valence-corrected chi connectivity index (χ3v) is 5.26. The highest BCUT2D eigenvalue weighted by molar-refractivity contribution is 9.10. The van der Waals surface area contributed by atoms with Crippen LogP contribution in [0.4, 0.5) is 11.5 Å². The van der Waals surface area contributed by atoms with Gasteiger partial charge in [0.15, 0.2) is 0 Å². The molecule has 0 bridgehead atoms. The van der Waals surface area contributed by atoms with E-state index in [1.54, 1.807) is 6.20 Å². The lowest BCUT2D eigenvalue weighted by Crippen LogP contribution is -2.18. The van der Waals surface area contributed by atoms with E-state index in [1.165, 1.54) is 25.7 Å². The molecule has 0 radical (unpaired) electrons. The van der Waals surface area contributed by atoms with Crippen LogP contribution in [0, 0.1) is 13.8 Å². The number of hydrogen-bond donors (Lipinski definition) is 3. The Morgan fingerprint density at radius 1 is 1.15 bits per heavy atom. The second kappa shape index (κ2) is 8.57. The zero-order valence-electron chi connectivity index (χ0n) is 15.7. The van der Waals surface area contributed by atoms with E-state index >= 15 is 0 Å². The molecule has 0 aliphatic heterocycles. The van der Waals surface area contributed by atoms with Crippen LogP contribution in [0.3, 0.4) is 0 Å². The van der Waals surface area contributed by atoms with Crippen molar-refractivity contribution in [3.63, 3.8) is 0 Å². The Bertz CT molecular complexity index is 1000. The van der Waals surface area contributed by atoms with Crippen LogP contribution in [-0.2, 0) is 6.54 Å². The number of rotatable bonds is 3. The van der Waals surface area contributed by atoms with Gasteiger partial charge in [0.05, 0.1) is 0 Å². The summed E-state index contributed by atoms with van der Waals surface area (Å²) in [5.74, 6) is 0.704. The average Bonchev–Trinajstić information content (AvgIpc) is 2.52. The van der Waals surface area contributed by atoms with Gasteiger partial charge in [-0.25, -0.2) is 4.98 Å². The van der Waals surface area contributed by atoms with Crippen LogP contribution in [-0.4, -0.2) is 9.97 Å². The lowest BCUT2D eigenvalue weighted by molar-refractivity contribution is 0.504. The molecule has 27 heavy (non-hydrogen) atoms. The number of H-pyrrole nitrogens is 1. The minimum absolute atomic E-state index is 0.0732. The molecule has 0 saturated heterocycles. The standard InChI is InChI=1S/C17H17BrN4O.C4H8/c1-9-5-10(2)22-17(23)14(9)8-21-16-13-6-11(18)7-15(19)12(13)3-4-20-16;1-2-4-3-1/h3-7H,8,19H2,1-2H3,(H,20,21)(H,22,23);1-4H2. The van der Waals surface area contributed by atoms with Gasteiger partial charge in [0.25, 0.3) is 5.56 Å². The monoisotopic (exact) mass is 428 g/mol. The first-order chi connectivity index (χ1) is 13.0. The summed E-state index contributed by atoms with van der Waals surface area (Å²) >= 11 is 3.45. The second-order valence-corrected chi connectivity index (χ2v) is 7.88. The molecule has 1 fully saturated rings. The number of pyridine rings is 2. The molecule has 6 heteroatoms. The average molecular weight is 429 g/mol. The first kappa shape index (κ1) is 19.4. The Balaban J connectivity index is 0.000000466. The van der Waals surface area contributed by atoms with E-state index in [4.69, 9.17) is 5.73 Å². The maximum atomic E-state index is 12.1. The van der Waals surface area contributed by atoms with Gasteiger partial charge in [-0.1, -0.05) is 41.6 Å². The van der Waals surface area contributed by atoms with E-state index in [0.717, 1.165) is 26.5 Å². The number of anilines is 2. The number of hydrogen-bond acceptors (Lipinski definition) is 4. The molecule has 4 rings (SSSR count). The van der Waals surface area contributed by atoms with Crippen LogP contribution in [0.25, 0.3) is 10.8 Å². The molecular formula is C21H25BrN4O. The van der Waals surface area contributed by atoms with Crippen LogP contribution in [0.1, 0.15) is 42.5 Å². The van der Waals surface area contributed by atoms with Gasteiger partial charge in [-0.2, -0.15) is 0 Å². The van der Waals surface area contributed by atoms with Gasteiger partial charge in [0, 0.05) is 44.9 Å². The molecule has 0 atom stereocenters. The zero-order chi connectivity index (χ0) is 19.4. The number of aromatic amines is 1. The molecule has 3 aromatic rings. The van der Waals surface area contributed by atoms with E-state index in [1.807, 2.05) is 38.1 Å². The number of halogens is 1. The van der Waals surface area contributed by atoms with Crippen LogP contribution in [0.5, 0.6) is 0 Å². The molecule has 0 unspecified atom stereocenters. The van der Waals surface area contributed by atoms with Gasteiger partial charge in [-0.3, -0.25) is 4.79 Å². The maximum Gasteiger partial charge on any atom is 0.253 e. The summed E-state index contributed by atoms with van der Waals surface area (Å²) in [6, 6.07) is 7.67. The number of aryl methyl sites for hydroxylation is 2. The summed E-state index contributed by atoms with van der Waals surface area (Å²) in [6.07, 6.45) is 7.71. The second-order valence-electron chi connectivity index (χ2n) is 6.96. The summed E-state index contributed by atoms with van der Waals surface area (Å²) in [5, 5.41) is 5.10. The van der Waals surface area contributed by atoms with Crippen molar-refractivity contribution in [3.05, 3.63) is 62.1 Å². The fourth-order valence-electron chi connectivity index (χ4n) is 2.94. The molecule has 142 valence electrons. The highest BCUT2D eigenvalue weighted by Crippen LogP contribution is 2.30. The zero-order valence-corrected chi connectivity index (χ0v) is 17.3. The number of nitrogens with one attached hydrogen (secondary N) is 2. The minimum Gasteiger partial charge on any atom is -0.398 e. The molecule has 1 aromatic carbocycles. The third-order valence-electron chi connectivity index (χ3n) is 4.80. The van der Waals surface area contributed by atoms with E-state index in [0.29, 0.717) is 23.6 Å². The molecule has 0 amide bonds. The van der Waals surface area contributed by atoms with Crippen molar-refractivity contribution in [2.24, 2.45) is 0 Å². The topological polar surface area (TPSA) is 83.8 Å². The van der Waals surface area contributed by atoms with Crippen molar-refractivity contribution >= 4 is 38.2 Å². The van der Waals surface area contributed by atoms with Crippen molar-refractivity contribution in [3.8, 4) is 0 Å². The fraction of sp³-hybridized carbons (Fsp3) is 0.333. The van der Waals surface area contributed by atoms with Gasteiger partial charge >= 0.3 is 0 Å². The highest BCUT2D eigenvalue weighted by atomic mass is 79.9. The molecule has 5 nitrogen and oxygen atoms in total. The van der Waals surface area contributed by atoms with Crippen molar-refractivity contribution in [2.75, 3.05) is 11.1 Å². The Labute approximate surface area is 167 Å². The summed E-state index contributed by atoms with van der Waals surface area (Å²) in [4.78, 5) is 19.3. The molecule has 0 spiro atoms. The summed E-state index contributed by atoms with van der Waals surface area (Å²) < 4.78 is 0.892. The number of aromatic nitrogens is 2. The van der Waals surface area contributed by atoms with Crippen molar-refractivity contribution in [1.82, 2.24) is 9.97 Å². The lowest BCUT2D eigenvalue weighted by atomic mass is 10.0. The summed E-state index contributed by atoms with van der Waals surface area (Å²) in [6.45, 7) is 4.21. The highest BCUT2D eigenvalue weighted by Gasteiger charge is 2.09. The Kier molecular flexibility index (Phi) is 6.16. The number of nitrogens with two attached hydrogens (primary N) is 1. The Hall–Kier alpha value is -2.34. The normalized spacial score (nSPS) is 12.9. The van der Waals surface area contributed by atoms with Gasteiger partial charge < -0.3 is 16.0 Å². The largest absolute Gasteiger partial charge is 0.398 e. The SMILES string of the molecule is C1CCC1.Cc1cc(C)c(CNc2nccc3c(N)cc(Br)cc23)c(=O)[nH]1. The quantitative estimate of drug-likeness (QED) is 0.509.